The molecule has 2 aromatic carbocycles. The monoisotopic (exact) mass is 486 g/mol. The molecule has 0 spiro atoms. The number of hydrogen-bond donors (Lipinski definition) is 2. The van der Waals surface area contributed by atoms with Crippen molar-refractivity contribution in [2.45, 2.75) is 24.7 Å². The Morgan fingerprint density at radius 3 is 2.67 bits per heavy atom. The molecular formula is C23H23FN4O3S2. The molecule has 33 heavy (non-hydrogen) atoms. The van der Waals surface area contributed by atoms with Gasteiger partial charge in [-0.05, 0) is 43.7 Å². The third-order valence-corrected chi connectivity index (χ3v) is 7.93. The Morgan fingerprint density at radius 2 is 1.91 bits per heavy atom. The van der Waals surface area contributed by atoms with Gasteiger partial charge in [-0.3, -0.25) is 4.79 Å². The number of aromatic amines is 1. The lowest BCUT2D eigenvalue weighted by molar-refractivity contribution is -0.116. The molecule has 0 saturated heterocycles. The number of thiazole rings is 1. The number of anilines is 1. The minimum Gasteiger partial charge on any atom is -0.358 e. The summed E-state index contributed by atoms with van der Waals surface area (Å²) in [6.45, 7) is 2.15. The molecule has 2 aromatic heterocycles. The number of aryl methyl sites for hydroxylation is 1. The molecule has 10 heteroatoms. The van der Waals surface area contributed by atoms with Gasteiger partial charge in [0.05, 0.1) is 10.6 Å². The molecule has 4 aromatic rings. The molecule has 1 amide bonds. The van der Waals surface area contributed by atoms with Gasteiger partial charge in [-0.2, -0.15) is 0 Å². The summed E-state index contributed by atoms with van der Waals surface area (Å²) in [5, 5.41) is 6.26. The van der Waals surface area contributed by atoms with Crippen LogP contribution in [0.25, 0.3) is 22.2 Å². The summed E-state index contributed by atoms with van der Waals surface area (Å²) in [7, 11) is -2.30. The fourth-order valence-corrected chi connectivity index (χ4v) is 5.53. The third kappa shape index (κ3) is 4.97. The molecule has 0 aliphatic heterocycles. The van der Waals surface area contributed by atoms with Crippen LogP contribution in [0.3, 0.4) is 0 Å². The Kier molecular flexibility index (Phi) is 6.59. The number of sulfonamides is 1. The molecule has 2 heterocycles. The summed E-state index contributed by atoms with van der Waals surface area (Å²) in [5.41, 5.74) is 3.83. The number of fused-ring (bicyclic) bond motifs is 1. The van der Waals surface area contributed by atoms with E-state index in [0.29, 0.717) is 11.6 Å². The van der Waals surface area contributed by atoms with Gasteiger partial charge in [0.1, 0.15) is 5.82 Å². The lowest BCUT2D eigenvalue weighted by Gasteiger charge is -2.16. The van der Waals surface area contributed by atoms with Crippen molar-refractivity contribution in [1.29, 1.82) is 0 Å². The van der Waals surface area contributed by atoms with E-state index in [1.165, 1.54) is 30.5 Å². The number of nitrogens with one attached hydrogen (secondary N) is 2. The first-order valence-electron chi connectivity index (χ1n) is 10.3. The maximum atomic E-state index is 13.1. The summed E-state index contributed by atoms with van der Waals surface area (Å²) in [6, 6.07) is 12.6. The van der Waals surface area contributed by atoms with Crippen molar-refractivity contribution in [3.8, 4) is 11.3 Å². The minimum atomic E-state index is -3.73. The molecule has 0 radical (unpaired) electrons. The van der Waals surface area contributed by atoms with Crippen molar-refractivity contribution < 1.29 is 17.6 Å². The lowest BCUT2D eigenvalue weighted by atomic mass is 10.1. The van der Waals surface area contributed by atoms with Gasteiger partial charge in [-0.15, -0.1) is 11.3 Å². The average Bonchev–Trinajstić information content (AvgIpc) is 3.36. The van der Waals surface area contributed by atoms with Gasteiger partial charge in [0.25, 0.3) is 0 Å². The number of aromatic nitrogens is 2. The summed E-state index contributed by atoms with van der Waals surface area (Å²) >= 11 is 1.34. The maximum Gasteiger partial charge on any atom is 0.242 e. The van der Waals surface area contributed by atoms with Gasteiger partial charge in [0, 0.05) is 47.6 Å². The van der Waals surface area contributed by atoms with Gasteiger partial charge in [0.15, 0.2) is 5.13 Å². The van der Waals surface area contributed by atoms with Crippen LogP contribution in [-0.2, 0) is 14.8 Å². The highest BCUT2D eigenvalue weighted by Crippen LogP contribution is 2.33. The van der Waals surface area contributed by atoms with Crippen molar-refractivity contribution in [2.75, 3.05) is 18.9 Å². The van der Waals surface area contributed by atoms with Crippen LogP contribution >= 0.6 is 11.3 Å². The Hall–Kier alpha value is -3.08. The Morgan fingerprint density at radius 1 is 1.18 bits per heavy atom. The number of hydrogen-bond acceptors (Lipinski definition) is 5. The Bertz CT molecular complexity index is 1390. The second-order valence-electron chi connectivity index (χ2n) is 7.64. The van der Waals surface area contributed by atoms with Crippen LogP contribution < -0.4 is 5.32 Å². The molecular weight excluding hydrogens is 463 g/mol. The second-order valence-corrected chi connectivity index (χ2v) is 10.5. The number of benzene rings is 2. The van der Waals surface area contributed by atoms with Crippen molar-refractivity contribution in [3.05, 3.63) is 65.4 Å². The van der Waals surface area contributed by atoms with Gasteiger partial charge in [-0.25, -0.2) is 22.1 Å². The van der Waals surface area contributed by atoms with Crippen molar-refractivity contribution >= 4 is 43.3 Å². The number of para-hydroxylation sites is 1. The van der Waals surface area contributed by atoms with Gasteiger partial charge in [-0.1, -0.05) is 18.2 Å². The lowest BCUT2D eigenvalue weighted by Crippen LogP contribution is -2.28. The van der Waals surface area contributed by atoms with Gasteiger partial charge >= 0.3 is 0 Å². The second kappa shape index (κ2) is 9.42. The number of carbonyl (C=O) groups excluding carboxylic acids is 1. The molecule has 0 atom stereocenters. The van der Waals surface area contributed by atoms with E-state index in [1.54, 1.807) is 0 Å². The zero-order valence-corrected chi connectivity index (χ0v) is 19.8. The Labute approximate surface area is 195 Å². The number of rotatable bonds is 8. The van der Waals surface area contributed by atoms with E-state index < -0.39 is 15.8 Å². The van der Waals surface area contributed by atoms with Crippen molar-refractivity contribution in [2.24, 2.45) is 0 Å². The average molecular weight is 487 g/mol. The molecule has 4 rings (SSSR count). The number of halogens is 1. The first-order chi connectivity index (χ1) is 15.8. The topological polar surface area (TPSA) is 95.2 Å². The van der Waals surface area contributed by atoms with E-state index in [1.807, 2.05) is 36.6 Å². The predicted molar refractivity (Wildman–Crippen MR) is 128 cm³/mol. The van der Waals surface area contributed by atoms with Crippen molar-refractivity contribution in [3.63, 3.8) is 0 Å². The smallest absolute Gasteiger partial charge is 0.242 e. The normalized spacial score (nSPS) is 11.9. The fraction of sp³-hybridized carbons (Fsp3) is 0.217. The summed E-state index contributed by atoms with van der Waals surface area (Å²) in [6.07, 6.45) is 0.479. The standard InChI is InChI=1S/C23H23FN4O3S2/c1-15-22(18-6-3-4-7-19(18)25-15)20-14-32-23(26-20)27-21(29)8-5-13-28(2)33(30,31)17-11-9-16(24)10-12-17/h3-4,6-7,9-12,14,25H,5,8,13H2,1-2H3,(H,26,27,29). The van der Waals surface area contributed by atoms with Gasteiger partial charge < -0.3 is 10.3 Å². The van der Waals surface area contributed by atoms with Crippen LogP contribution in [0.4, 0.5) is 9.52 Å². The van der Waals surface area contributed by atoms with Crippen molar-refractivity contribution in [1.82, 2.24) is 14.3 Å². The van der Waals surface area contributed by atoms with E-state index in [2.05, 4.69) is 15.3 Å². The molecule has 0 saturated carbocycles. The molecule has 0 aliphatic carbocycles. The minimum absolute atomic E-state index is 0.0127. The van der Waals surface area contributed by atoms with E-state index in [0.717, 1.165) is 44.3 Å². The van der Waals surface area contributed by atoms with Crippen LogP contribution in [0.15, 0.2) is 58.8 Å². The van der Waals surface area contributed by atoms with E-state index in [4.69, 9.17) is 0 Å². The highest BCUT2D eigenvalue weighted by Gasteiger charge is 2.21. The van der Waals surface area contributed by atoms with Crippen LogP contribution in [0.2, 0.25) is 0 Å². The molecule has 0 fully saturated rings. The summed E-state index contributed by atoms with van der Waals surface area (Å²) in [5.74, 6) is -0.738. The van der Waals surface area contributed by atoms with Crippen LogP contribution in [0.5, 0.6) is 0 Å². The molecule has 0 bridgehead atoms. The summed E-state index contributed by atoms with van der Waals surface area (Å²) < 4.78 is 39.3. The van der Waals surface area contributed by atoms with E-state index in [9.17, 15) is 17.6 Å². The molecule has 172 valence electrons. The SMILES string of the molecule is Cc1[nH]c2ccccc2c1-c1csc(NC(=O)CCCN(C)S(=O)(=O)c2ccc(F)cc2)n1. The first kappa shape index (κ1) is 23.1. The quantitative estimate of drug-likeness (QED) is 0.375. The number of nitrogens with zero attached hydrogens (tertiary/aromatic N) is 2. The Balaban J connectivity index is 1.34. The van der Waals surface area contributed by atoms with Crippen LogP contribution in [0.1, 0.15) is 18.5 Å². The zero-order valence-electron chi connectivity index (χ0n) is 18.1. The maximum absolute atomic E-state index is 13.1. The van der Waals surface area contributed by atoms with Gasteiger partial charge in [0.2, 0.25) is 15.9 Å². The summed E-state index contributed by atoms with van der Waals surface area (Å²) in [4.78, 5) is 20.3. The molecule has 0 unspecified atom stereocenters. The van der Waals surface area contributed by atoms with Crippen LogP contribution in [0, 0.1) is 12.7 Å². The molecule has 7 nitrogen and oxygen atoms in total. The number of H-pyrrole nitrogens is 1. The predicted octanol–water partition coefficient (Wildman–Crippen LogP) is 4.78. The number of carbonyl (C=O) groups is 1. The molecule has 2 N–H and O–H groups in total. The number of amides is 1. The third-order valence-electron chi connectivity index (χ3n) is 5.30. The first-order valence-corrected chi connectivity index (χ1v) is 12.6. The van der Waals surface area contributed by atoms with E-state index >= 15 is 0 Å². The van der Waals surface area contributed by atoms with E-state index in [-0.39, 0.29) is 23.8 Å². The van der Waals surface area contributed by atoms with Crippen LogP contribution in [-0.4, -0.2) is 42.2 Å². The largest absolute Gasteiger partial charge is 0.358 e. The molecule has 0 aliphatic rings. The zero-order chi connectivity index (χ0) is 23.6. The fourth-order valence-electron chi connectivity index (χ4n) is 3.60. The highest BCUT2D eigenvalue weighted by atomic mass is 32.2. The highest BCUT2D eigenvalue weighted by molar-refractivity contribution is 7.89.